The molecule has 7 nitrogen and oxygen atoms in total. The van der Waals surface area contributed by atoms with E-state index in [4.69, 9.17) is 4.74 Å². The second kappa shape index (κ2) is 12.6. The molecule has 0 aliphatic carbocycles. The first-order chi connectivity index (χ1) is 18.7. The van der Waals surface area contributed by atoms with E-state index in [2.05, 4.69) is 29.1 Å². The largest absolute Gasteiger partial charge is 0.465 e. The van der Waals surface area contributed by atoms with Gasteiger partial charge in [0.05, 0.1) is 35.8 Å². The zero-order chi connectivity index (χ0) is 28.3. The minimum absolute atomic E-state index is 0.0406. The van der Waals surface area contributed by atoms with Crippen LogP contribution in [0.25, 0.3) is 0 Å². The van der Waals surface area contributed by atoms with Crippen molar-refractivity contribution in [2.45, 2.75) is 72.5 Å². The molecule has 3 aliphatic heterocycles. The van der Waals surface area contributed by atoms with Crippen molar-refractivity contribution in [2.75, 3.05) is 19.8 Å². The topological polar surface area (TPSA) is 87.2 Å². The van der Waals surface area contributed by atoms with Crippen LogP contribution in [0.2, 0.25) is 0 Å². The summed E-state index contributed by atoms with van der Waals surface area (Å²) < 4.78 is 4.87. The number of allylic oxidation sites excluding steroid dienone is 1. The summed E-state index contributed by atoms with van der Waals surface area (Å²) in [6.07, 6.45) is 5.86. The number of benzene rings is 1. The molecule has 3 fully saturated rings. The highest BCUT2D eigenvalue weighted by Crippen LogP contribution is 2.68. The van der Waals surface area contributed by atoms with Crippen LogP contribution in [0.3, 0.4) is 0 Å². The number of esters is 1. The fraction of sp³-hybridized carbons (Fsp3) is 0.567. The zero-order valence-electron chi connectivity index (χ0n) is 22.7. The first kappa shape index (κ1) is 29.9. The Kier molecular flexibility index (Phi) is 9.65. The molecule has 39 heavy (non-hydrogen) atoms. The second-order valence-corrected chi connectivity index (χ2v) is 13.6. The number of hydrogen-bond donors (Lipinski definition) is 1. The van der Waals surface area contributed by atoms with Gasteiger partial charge >= 0.3 is 5.97 Å². The number of alkyl halides is 1. The van der Waals surface area contributed by atoms with E-state index in [1.54, 1.807) is 33.7 Å². The van der Waals surface area contributed by atoms with Crippen molar-refractivity contribution < 1.29 is 24.2 Å². The Morgan fingerprint density at radius 2 is 2.00 bits per heavy atom. The Balaban J connectivity index is 1.76. The minimum atomic E-state index is -0.813. The molecule has 3 heterocycles. The van der Waals surface area contributed by atoms with Crippen molar-refractivity contribution in [2.24, 2.45) is 11.8 Å². The van der Waals surface area contributed by atoms with E-state index < -0.39 is 28.7 Å². The summed E-state index contributed by atoms with van der Waals surface area (Å²) in [4.78, 5) is 45.6. The predicted octanol–water partition coefficient (Wildman–Crippen LogP) is 3.99. The van der Waals surface area contributed by atoms with E-state index in [9.17, 15) is 19.5 Å². The number of carbonyl (C=O) groups is 3. The monoisotopic (exact) mass is 618 g/mol. The molecule has 0 saturated carbocycles. The van der Waals surface area contributed by atoms with Gasteiger partial charge in [-0.25, -0.2) is 0 Å². The molecule has 1 aromatic carbocycles. The van der Waals surface area contributed by atoms with Crippen LogP contribution in [0.15, 0.2) is 55.6 Å². The van der Waals surface area contributed by atoms with Crippen LogP contribution < -0.4 is 0 Å². The summed E-state index contributed by atoms with van der Waals surface area (Å²) >= 11 is 5.37. The molecule has 2 bridgehead atoms. The van der Waals surface area contributed by atoms with Crippen molar-refractivity contribution in [1.82, 2.24) is 9.80 Å². The normalized spacial score (nSPS) is 29.8. The third kappa shape index (κ3) is 5.46. The lowest BCUT2D eigenvalue weighted by molar-refractivity contribution is -0.154. The summed E-state index contributed by atoms with van der Waals surface area (Å²) in [6, 6.07) is 8.13. The summed E-state index contributed by atoms with van der Waals surface area (Å²) in [7, 11) is 0. The quantitative estimate of drug-likeness (QED) is 0.156. The molecule has 0 aromatic heterocycles. The van der Waals surface area contributed by atoms with Gasteiger partial charge in [-0.05, 0) is 45.1 Å². The Morgan fingerprint density at radius 1 is 1.28 bits per heavy atom. The van der Waals surface area contributed by atoms with Crippen LogP contribution in [-0.4, -0.2) is 85.4 Å². The number of thioether (sulfide) groups is 1. The number of rotatable bonds is 13. The average Bonchev–Trinajstić information content (AvgIpc) is 3.51. The molecule has 212 valence electrons. The lowest BCUT2D eigenvalue weighted by atomic mass is 9.71. The smallest absolute Gasteiger partial charge is 0.310 e. The first-order valence-electron chi connectivity index (χ1n) is 13.7. The fourth-order valence-corrected chi connectivity index (χ4v) is 10.1. The van der Waals surface area contributed by atoms with Gasteiger partial charge in [-0.2, -0.15) is 0 Å². The third-order valence-electron chi connectivity index (χ3n) is 8.18. The van der Waals surface area contributed by atoms with Crippen LogP contribution >= 0.6 is 27.7 Å². The van der Waals surface area contributed by atoms with Crippen molar-refractivity contribution in [3.63, 3.8) is 0 Å². The maximum Gasteiger partial charge on any atom is 0.310 e. The van der Waals surface area contributed by atoms with Gasteiger partial charge in [0, 0.05) is 22.7 Å². The predicted molar refractivity (Wildman–Crippen MR) is 158 cm³/mol. The minimum Gasteiger partial charge on any atom is -0.465 e. The van der Waals surface area contributed by atoms with E-state index in [0.29, 0.717) is 25.8 Å². The highest BCUT2D eigenvalue weighted by molar-refractivity contribution is 9.09. The summed E-state index contributed by atoms with van der Waals surface area (Å²) in [5.74, 6) is -2.14. The summed E-state index contributed by atoms with van der Waals surface area (Å²) in [6.45, 7) is 11.8. The van der Waals surface area contributed by atoms with Gasteiger partial charge in [-0.15, -0.1) is 24.9 Å². The molecule has 9 heteroatoms. The van der Waals surface area contributed by atoms with Crippen LogP contribution in [0.5, 0.6) is 0 Å². The summed E-state index contributed by atoms with van der Waals surface area (Å²) in [5, 5.41) is 10.4. The molecule has 3 saturated heterocycles. The number of hydrogen-bond acceptors (Lipinski definition) is 6. The fourth-order valence-electron chi connectivity index (χ4n) is 6.49. The average molecular weight is 620 g/mol. The maximum absolute atomic E-state index is 14.4. The number of nitrogens with zero attached hydrogens (tertiary/aromatic N) is 2. The Hall–Kier alpha value is -2.10. The standard InChI is InChI=1S/C30H39BrN2O5S/c1-5-7-11-15-38-29(37)23-24-27(35)33(21(18-34)16-20-12-9-8-10-13-20)26(28(36)32(14-6-2)19(3)4)30(24)17-22(31)25(23)39-30/h5-6,8-10,12-13,19,21-26,34H,1-2,7,11,14-18H2,3-4H3/t21-,22?,23-,24+,25-,26?,30?/m1/s1. The highest BCUT2D eigenvalue weighted by atomic mass is 79.9. The number of likely N-dealkylation sites (tertiary alicyclic amines) is 1. The SMILES string of the molecule is C=CCCCOC(=O)[C@H]1[C@@H]2SC3(CC2Br)C(C(=O)N(CC=C)C(C)C)N([C@@H](CO)Cc2ccccc2)C(=O)[C@H]13. The summed E-state index contributed by atoms with van der Waals surface area (Å²) in [5.41, 5.74) is 0.963. The molecule has 3 aliphatic rings. The van der Waals surface area contributed by atoms with E-state index in [1.165, 1.54) is 0 Å². The number of amides is 2. The van der Waals surface area contributed by atoms with Crippen LogP contribution in [0.1, 0.15) is 38.7 Å². The third-order valence-corrected chi connectivity index (χ3v) is 11.4. The number of aliphatic hydroxyl groups is 1. The second-order valence-electron chi connectivity index (χ2n) is 10.9. The number of fused-ring (bicyclic) bond motifs is 1. The van der Waals surface area contributed by atoms with Crippen molar-refractivity contribution >= 4 is 45.5 Å². The van der Waals surface area contributed by atoms with Gasteiger partial charge in [0.2, 0.25) is 11.8 Å². The lowest BCUT2D eigenvalue weighted by Gasteiger charge is -2.41. The lowest BCUT2D eigenvalue weighted by Crippen LogP contribution is -2.59. The van der Waals surface area contributed by atoms with E-state index in [-0.39, 0.29) is 47.1 Å². The molecule has 4 rings (SSSR count). The molecular formula is C30H39BrN2O5S. The molecule has 3 unspecified atom stereocenters. The zero-order valence-corrected chi connectivity index (χ0v) is 25.1. The molecule has 1 spiro atoms. The van der Waals surface area contributed by atoms with E-state index in [1.807, 2.05) is 44.2 Å². The first-order valence-corrected chi connectivity index (χ1v) is 15.5. The van der Waals surface area contributed by atoms with Crippen LogP contribution in [0.4, 0.5) is 0 Å². The maximum atomic E-state index is 14.4. The molecule has 7 atom stereocenters. The number of aliphatic hydroxyl groups excluding tert-OH is 1. The van der Waals surface area contributed by atoms with Gasteiger partial charge in [-0.1, -0.05) is 58.4 Å². The number of halogens is 1. The molecular weight excluding hydrogens is 580 g/mol. The van der Waals surface area contributed by atoms with Gasteiger partial charge in [-0.3, -0.25) is 14.4 Å². The van der Waals surface area contributed by atoms with Gasteiger partial charge in [0.25, 0.3) is 0 Å². The van der Waals surface area contributed by atoms with Crippen molar-refractivity contribution in [1.29, 1.82) is 0 Å². The van der Waals surface area contributed by atoms with Gasteiger partial charge < -0.3 is 19.6 Å². The number of ether oxygens (including phenoxy) is 1. The Bertz CT molecular complexity index is 1080. The molecule has 2 amide bonds. The number of unbranched alkanes of at least 4 members (excludes halogenated alkanes) is 1. The molecule has 0 radical (unpaired) electrons. The van der Waals surface area contributed by atoms with Crippen molar-refractivity contribution in [3.8, 4) is 0 Å². The van der Waals surface area contributed by atoms with Crippen molar-refractivity contribution in [3.05, 3.63) is 61.2 Å². The van der Waals surface area contributed by atoms with Gasteiger partial charge in [0.15, 0.2) is 0 Å². The van der Waals surface area contributed by atoms with Crippen LogP contribution in [-0.2, 0) is 25.5 Å². The van der Waals surface area contributed by atoms with E-state index >= 15 is 0 Å². The number of carbonyl (C=O) groups excluding carboxylic acids is 3. The Labute approximate surface area is 244 Å². The molecule has 1 N–H and O–H groups in total. The van der Waals surface area contributed by atoms with E-state index in [0.717, 1.165) is 12.0 Å². The highest BCUT2D eigenvalue weighted by Gasteiger charge is 2.76. The van der Waals surface area contributed by atoms with Crippen LogP contribution in [0, 0.1) is 11.8 Å². The Morgan fingerprint density at radius 3 is 2.62 bits per heavy atom. The van der Waals surface area contributed by atoms with Gasteiger partial charge in [0.1, 0.15) is 6.04 Å². The molecule has 1 aromatic rings.